The lowest BCUT2D eigenvalue weighted by Gasteiger charge is -2.39. The summed E-state index contributed by atoms with van der Waals surface area (Å²) in [5.74, 6) is -0.824. The van der Waals surface area contributed by atoms with Crippen molar-refractivity contribution in [2.45, 2.75) is 230 Å². The lowest BCUT2D eigenvalue weighted by molar-refractivity contribution is -0.305. The molecule has 312 valence electrons. The highest BCUT2D eigenvalue weighted by Gasteiger charge is 2.44. The van der Waals surface area contributed by atoms with Crippen LogP contribution in [0.4, 0.5) is 0 Å². The minimum atomic E-state index is -1.59. The number of hydrogen-bond acceptors (Lipinski definition) is 10. The average molecular weight is 757 g/mol. The van der Waals surface area contributed by atoms with E-state index in [0.29, 0.717) is 6.42 Å². The molecule has 0 bridgehead atoms. The molecule has 53 heavy (non-hydrogen) atoms. The summed E-state index contributed by atoms with van der Waals surface area (Å²) in [5, 5.41) is 40.0. The first kappa shape index (κ1) is 49.5. The summed E-state index contributed by atoms with van der Waals surface area (Å²) in [4.78, 5) is 25.2. The van der Waals surface area contributed by atoms with Gasteiger partial charge in [-0.15, -0.1) is 0 Å². The highest BCUT2D eigenvalue weighted by atomic mass is 16.7. The van der Waals surface area contributed by atoms with Crippen molar-refractivity contribution in [3.63, 3.8) is 0 Å². The number of unbranched alkanes of at least 4 members (excludes halogenated alkanes) is 23. The molecule has 0 radical (unpaired) electrons. The largest absolute Gasteiger partial charge is 0.462 e. The molecule has 10 heteroatoms. The van der Waals surface area contributed by atoms with Gasteiger partial charge in [-0.3, -0.25) is 9.59 Å². The van der Waals surface area contributed by atoms with E-state index in [-0.39, 0.29) is 32.0 Å². The number of ether oxygens (including phenoxy) is 4. The fraction of sp³-hybridized carbons (Fsp3) is 0.907. The van der Waals surface area contributed by atoms with Crippen LogP contribution in [0.25, 0.3) is 0 Å². The van der Waals surface area contributed by atoms with Crippen LogP contribution in [0.3, 0.4) is 0 Å². The second kappa shape index (κ2) is 34.9. The van der Waals surface area contributed by atoms with Gasteiger partial charge in [0.15, 0.2) is 12.4 Å². The van der Waals surface area contributed by atoms with Gasteiger partial charge < -0.3 is 39.4 Å². The minimum Gasteiger partial charge on any atom is -0.462 e. The van der Waals surface area contributed by atoms with E-state index in [0.717, 1.165) is 38.5 Å². The molecule has 0 spiro atoms. The number of carbonyl (C=O) groups excluding carboxylic acids is 2. The maximum absolute atomic E-state index is 12.7. The van der Waals surface area contributed by atoms with Crippen LogP contribution in [0.1, 0.15) is 194 Å². The van der Waals surface area contributed by atoms with E-state index in [4.69, 9.17) is 18.9 Å². The Morgan fingerprint density at radius 3 is 1.51 bits per heavy atom. The Balaban J connectivity index is 2.36. The zero-order chi connectivity index (χ0) is 38.8. The topological polar surface area (TPSA) is 152 Å². The summed E-state index contributed by atoms with van der Waals surface area (Å²) in [7, 11) is 0. The molecular formula is C43H80O10. The number of esters is 2. The van der Waals surface area contributed by atoms with Gasteiger partial charge >= 0.3 is 11.9 Å². The molecule has 0 aromatic rings. The van der Waals surface area contributed by atoms with Crippen molar-refractivity contribution in [1.82, 2.24) is 0 Å². The highest BCUT2D eigenvalue weighted by molar-refractivity contribution is 5.70. The van der Waals surface area contributed by atoms with Gasteiger partial charge in [0.05, 0.1) is 13.2 Å². The molecule has 1 rings (SSSR count). The van der Waals surface area contributed by atoms with E-state index < -0.39 is 49.4 Å². The van der Waals surface area contributed by atoms with Gasteiger partial charge in [-0.1, -0.05) is 154 Å². The van der Waals surface area contributed by atoms with E-state index >= 15 is 0 Å². The summed E-state index contributed by atoms with van der Waals surface area (Å²) in [6, 6.07) is 0. The second-order valence-corrected chi connectivity index (χ2v) is 15.2. The predicted molar refractivity (Wildman–Crippen MR) is 210 cm³/mol. The molecule has 0 amide bonds. The van der Waals surface area contributed by atoms with Crippen molar-refractivity contribution in [3.8, 4) is 0 Å². The van der Waals surface area contributed by atoms with E-state index in [1.807, 2.05) is 0 Å². The van der Waals surface area contributed by atoms with Crippen LogP contribution < -0.4 is 0 Å². The quantitative estimate of drug-likeness (QED) is 0.0277. The zero-order valence-corrected chi connectivity index (χ0v) is 33.8. The van der Waals surface area contributed by atoms with Gasteiger partial charge in [0.25, 0.3) is 0 Å². The van der Waals surface area contributed by atoms with Crippen molar-refractivity contribution in [3.05, 3.63) is 12.2 Å². The normalized spacial score (nSPS) is 20.9. The smallest absolute Gasteiger partial charge is 0.306 e. The summed E-state index contributed by atoms with van der Waals surface area (Å²) < 4.78 is 22.1. The molecule has 1 saturated heterocycles. The number of allylic oxidation sites excluding steroid dienone is 2. The third-order valence-corrected chi connectivity index (χ3v) is 10.2. The first-order valence-corrected chi connectivity index (χ1v) is 21.8. The van der Waals surface area contributed by atoms with Crippen LogP contribution in [0.15, 0.2) is 12.2 Å². The average Bonchev–Trinajstić information content (AvgIpc) is 3.15. The molecule has 1 fully saturated rings. The molecule has 0 aliphatic carbocycles. The number of aliphatic hydroxyl groups excluding tert-OH is 4. The first-order chi connectivity index (χ1) is 25.8. The lowest BCUT2D eigenvalue weighted by atomic mass is 9.99. The van der Waals surface area contributed by atoms with E-state index in [1.165, 1.54) is 122 Å². The molecule has 1 aliphatic rings. The molecule has 0 aromatic heterocycles. The number of rotatable bonds is 36. The maximum atomic E-state index is 12.7. The van der Waals surface area contributed by atoms with E-state index in [9.17, 15) is 30.0 Å². The molecule has 6 atom stereocenters. The van der Waals surface area contributed by atoms with Gasteiger partial charge in [-0.25, -0.2) is 0 Å². The Kier molecular flexibility index (Phi) is 32.6. The summed E-state index contributed by atoms with van der Waals surface area (Å²) in [6.45, 7) is 3.41. The molecule has 1 heterocycles. The van der Waals surface area contributed by atoms with Gasteiger partial charge in [0.2, 0.25) is 0 Å². The first-order valence-electron chi connectivity index (χ1n) is 21.8. The van der Waals surface area contributed by atoms with Crippen LogP contribution in [0, 0.1) is 0 Å². The summed E-state index contributed by atoms with van der Waals surface area (Å²) >= 11 is 0. The number of carbonyl (C=O) groups is 2. The molecular weight excluding hydrogens is 676 g/mol. The Hall–Kier alpha value is -1.56. The standard InChI is InChI=1S/C43H80O10/c1-3-5-7-9-11-13-15-17-18-20-22-24-26-28-30-32-39(46)52-36(35-51-43-42(49)41(48)40(47)37(33-44)53-43)34-50-38(45)31-29-27-25-23-21-19-16-14-12-10-8-6-4-2/h22,24,36-37,40-44,47-49H,3-21,23,25-35H2,1-2H3/b24-22+/t36-,37-,40+,41?,42?,43-/m1/s1. The van der Waals surface area contributed by atoms with Crippen LogP contribution in [0.5, 0.6) is 0 Å². The van der Waals surface area contributed by atoms with Gasteiger partial charge in [-0.05, 0) is 38.5 Å². The molecule has 0 aromatic carbocycles. The zero-order valence-electron chi connectivity index (χ0n) is 33.8. The fourth-order valence-electron chi connectivity index (χ4n) is 6.65. The molecule has 0 saturated carbocycles. The van der Waals surface area contributed by atoms with Crippen LogP contribution >= 0.6 is 0 Å². The monoisotopic (exact) mass is 757 g/mol. The van der Waals surface area contributed by atoms with E-state index in [1.54, 1.807) is 0 Å². The summed E-state index contributed by atoms with van der Waals surface area (Å²) in [5.41, 5.74) is 0. The molecule has 10 nitrogen and oxygen atoms in total. The molecule has 1 aliphatic heterocycles. The van der Waals surface area contributed by atoms with Crippen molar-refractivity contribution < 1.29 is 49.0 Å². The maximum Gasteiger partial charge on any atom is 0.306 e. The van der Waals surface area contributed by atoms with Gasteiger partial charge in [0, 0.05) is 12.8 Å². The third kappa shape index (κ3) is 26.8. The second-order valence-electron chi connectivity index (χ2n) is 15.2. The van der Waals surface area contributed by atoms with Crippen molar-refractivity contribution in [2.24, 2.45) is 0 Å². The third-order valence-electron chi connectivity index (χ3n) is 10.2. The highest BCUT2D eigenvalue weighted by Crippen LogP contribution is 2.22. The summed E-state index contributed by atoms with van der Waals surface area (Å²) in [6.07, 6.45) is 27.9. The SMILES string of the molecule is CCCCCCCCCCC/C=C/CCCCC(=O)O[C@H](COC(=O)CCCCCCCCCCCCCCC)CO[C@@H]1O[C@H](CO)[C@H](O)C(O)C1O. The van der Waals surface area contributed by atoms with E-state index in [2.05, 4.69) is 26.0 Å². The minimum absolute atomic E-state index is 0.204. The predicted octanol–water partition coefficient (Wildman–Crippen LogP) is 8.78. The fourth-order valence-corrected chi connectivity index (χ4v) is 6.65. The Bertz CT molecular complexity index is 881. The van der Waals surface area contributed by atoms with Crippen LogP contribution in [0.2, 0.25) is 0 Å². The van der Waals surface area contributed by atoms with Crippen molar-refractivity contribution in [2.75, 3.05) is 19.8 Å². The Morgan fingerprint density at radius 2 is 1.00 bits per heavy atom. The van der Waals surface area contributed by atoms with Crippen molar-refractivity contribution >= 4 is 11.9 Å². The van der Waals surface area contributed by atoms with Crippen LogP contribution in [-0.4, -0.2) is 89.0 Å². The van der Waals surface area contributed by atoms with Crippen molar-refractivity contribution in [1.29, 1.82) is 0 Å². The Labute approximate surface area is 322 Å². The lowest BCUT2D eigenvalue weighted by Crippen LogP contribution is -2.59. The molecule has 4 N–H and O–H groups in total. The van der Waals surface area contributed by atoms with Gasteiger partial charge in [-0.2, -0.15) is 0 Å². The van der Waals surface area contributed by atoms with Crippen LogP contribution in [-0.2, 0) is 28.5 Å². The Morgan fingerprint density at radius 1 is 0.566 bits per heavy atom. The van der Waals surface area contributed by atoms with Gasteiger partial charge in [0.1, 0.15) is 31.0 Å². The number of aliphatic hydroxyl groups is 4. The molecule has 2 unspecified atom stereocenters. The number of hydrogen-bond donors (Lipinski definition) is 4.